The highest BCUT2D eigenvalue weighted by molar-refractivity contribution is 9.10. The van der Waals surface area contributed by atoms with E-state index in [-0.39, 0.29) is 0 Å². The van der Waals surface area contributed by atoms with Gasteiger partial charge in [-0.15, -0.1) is 11.3 Å². The van der Waals surface area contributed by atoms with Crippen molar-refractivity contribution in [2.24, 2.45) is 0 Å². The maximum absolute atomic E-state index is 4.32. The Morgan fingerprint density at radius 3 is 2.80 bits per heavy atom. The van der Waals surface area contributed by atoms with Crippen LogP contribution in [0.25, 0.3) is 10.6 Å². The molecule has 0 amide bonds. The van der Waals surface area contributed by atoms with Gasteiger partial charge in [0.2, 0.25) is 0 Å². The first-order chi connectivity index (χ1) is 7.24. The molecule has 0 atom stereocenters. The zero-order valence-corrected chi connectivity index (χ0v) is 10.8. The molecule has 0 aliphatic heterocycles. The number of anilines is 1. The van der Waals surface area contributed by atoms with Crippen molar-refractivity contribution in [3.05, 3.63) is 27.8 Å². The number of thiophene rings is 1. The van der Waals surface area contributed by atoms with Crippen molar-refractivity contribution in [2.75, 3.05) is 12.4 Å². The average molecular weight is 284 g/mol. The van der Waals surface area contributed by atoms with Gasteiger partial charge in [0, 0.05) is 17.1 Å². The summed E-state index contributed by atoms with van der Waals surface area (Å²) in [7, 11) is 1.86. The molecule has 2 heterocycles. The lowest BCUT2D eigenvalue weighted by Crippen LogP contribution is -1.98. The quantitative estimate of drug-likeness (QED) is 0.919. The predicted molar refractivity (Wildman–Crippen MR) is 67.3 cm³/mol. The highest BCUT2D eigenvalue weighted by atomic mass is 79.9. The van der Waals surface area contributed by atoms with Gasteiger partial charge in [0.15, 0.2) is 0 Å². The lowest BCUT2D eigenvalue weighted by Gasteiger charge is -2.07. The smallest absolute Gasteiger partial charge is 0.132 e. The Hall–Kier alpha value is -0.940. The normalized spacial score (nSPS) is 10.3. The van der Waals surface area contributed by atoms with E-state index in [1.165, 1.54) is 0 Å². The van der Waals surface area contributed by atoms with Gasteiger partial charge >= 0.3 is 0 Å². The van der Waals surface area contributed by atoms with E-state index in [4.69, 9.17) is 0 Å². The number of halogens is 1. The van der Waals surface area contributed by atoms with Crippen molar-refractivity contribution in [3.8, 4) is 10.6 Å². The lowest BCUT2D eigenvalue weighted by atomic mass is 10.2. The molecule has 1 N–H and O–H groups in total. The van der Waals surface area contributed by atoms with Gasteiger partial charge in [-0.25, -0.2) is 9.97 Å². The number of hydrogen-bond donors (Lipinski definition) is 1. The fourth-order valence-corrected chi connectivity index (χ4v) is 3.01. The van der Waals surface area contributed by atoms with Crippen LogP contribution in [0.15, 0.2) is 22.2 Å². The van der Waals surface area contributed by atoms with Crippen molar-refractivity contribution in [1.29, 1.82) is 0 Å². The van der Waals surface area contributed by atoms with E-state index >= 15 is 0 Å². The zero-order chi connectivity index (χ0) is 10.8. The van der Waals surface area contributed by atoms with Crippen LogP contribution < -0.4 is 5.32 Å². The first-order valence-corrected chi connectivity index (χ1v) is 6.14. The maximum Gasteiger partial charge on any atom is 0.132 e. The molecular formula is C10H10BrN3S. The summed E-state index contributed by atoms with van der Waals surface area (Å²) in [5, 5.41) is 5.10. The van der Waals surface area contributed by atoms with Crippen LogP contribution in [0.4, 0.5) is 5.82 Å². The van der Waals surface area contributed by atoms with E-state index in [0.29, 0.717) is 0 Å². The molecule has 0 aliphatic carbocycles. The molecule has 0 aliphatic rings. The SMILES string of the molecule is CNc1ncnc(-c2sccc2Br)c1C. The summed E-state index contributed by atoms with van der Waals surface area (Å²) in [6.45, 7) is 2.02. The summed E-state index contributed by atoms with van der Waals surface area (Å²) in [5.74, 6) is 0.875. The topological polar surface area (TPSA) is 37.8 Å². The Morgan fingerprint density at radius 2 is 2.20 bits per heavy atom. The van der Waals surface area contributed by atoms with Gasteiger partial charge in [-0.3, -0.25) is 0 Å². The molecule has 0 fully saturated rings. The monoisotopic (exact) mass is 283 g/mol. The first-order valence-electron chi connectivity index (χ1n) is 4.46. The van der Waals surface area contributed by atoms with Crippen molar-refractivity contribution in [1.82, 2.24) is 9.97 Å². The Morgan fingerprint density at radius 1 is 1.40 bits per heavy atom. The van der Waals surface area contributed by atoms with E-state index in [9.17, 15) is 0 Å². The van der Waals surface area contributed by atoms with Crippen LogP contribution in [-0.2, 0) is 0 Å². The second-order valence-electron chi connectivity index (χ2n) is 3.04. The number of aromatic nitrogens is 2. The molecule has 2 aromatic rings. The summed E-state index contributed by atoms with van der Waals surface area (Å²) in [6.07, 6.45) is 1.58. The third kappa shape index (κ3) is 1.89. The zero-order valence-electron chi connectivity index (χ0n) is 8.41. The van der Waals surface area contributed by atoms with E-state index in [1.54, 1.807) is 17.7 Å². The minimum absolute atomic E-state index is 0.875. The van der Waals surface area contributed by atoms with Gasteiger partial charge in [0.25, 0.3) is 0 Å². The minimum atomic E-state index is 0.875. The molecule has 0 radical (unpaired) electrons. The minimum Gasteiger partial charge on any atom is -0.373 e. The van der Waals surface area contributed by atoms with Gasteiger partial charge in [-0.05, 0) is 34.3 Å². The number of rotatable bonds is 2. The summed E-state index contributed by atoms with van der Waals surface area (Å²) in [5.41, 5.74) is 2.05. The van der Waals surface area contributed by atoms with E-state index in [2.05, 4.69) is 31.2 Å². The van der Waals surface area contributed by atoms with Gasteiger partial charge in [0.05, 0.1) is 10.6 Å². The van der Waals surface area contributed by atoms with E-state index in [0.717, 1.165) is 26.4 Å². The fraction of sp³-hybridized carbons (Fsp3) is 0.200. The van der Waals surface area contributed by atoms with Crippen LogP contribution >= 0.6 is 27.3 Å². The van der Waals surface area contributed by atoms with Crippen LogP contribution in [0.2, 0.25) is 0 Å². The summed E-state index contributed by atoms with van der Waals surface area (Å²) >= 11 is 5.18. The fourth-order valence-electron chi connectivity index (χ4n) is 1.39. The third-order valence-electron chi connectivity index (χ3n) is 2.15. The Bertz CT molecular complexity index is 481. The van der Waals surface area contributed by atoms with Crippen molar-refractivity contribution in [2.45, 2.75) is 6.92 Å². The molecule has 0 spiro atoms. The summed E-state index contributed by atoms with van der Waals surface area (Å²) in [4.78, 5) is 9.63. The van der Waals surface area contributed by atoms with Crippen LogP contribution in [0.5, 0.6) is 0 Å². The van der Waals surface area contributed by atoms with Crippen LogP contribution in [0.3, 0.4) is 0 Å². The largest absolute Gasteiger partial charge is 0.373 e. The van der Waals surface area contributed by atoms with E-state index < -0.39 is 0 Å². The molecule has 2 rings (SSSR count). The standard InChI is InChI=1S/C10H10BrN3S/c1-6-8(9-7(11)3-4-15-9)13-5-14-10(6)12-2/h3-5H,1-2H3,(H,12,13,14). The maximum atomic E-state index is 4.32. The van der Waals surface area contributed by atoms with Crippen molar-refractivity contribution in [3.63, 3.8) is 0 Å². The van der Waals surface area contributed by atoms with Gasteiger partial charge in [-0.1, -0.05) is 0 Å². The molecular weight excluding hydrogens is 274 g/mol. The second-order valence-corrected chi connectivity index (χ2v) is 4.81. The predicted octanol–water partition coefficient (Wildman–Crippen LogP) is 3.32. The van der Waals surface area contributed by atoms with Crippen LogP contribution in [0.1, 0.15) is 5.56 Å². The second kappa shape index (κ2) is 4.28. The molecule has 2 aromatic heterocycles. The number of nitrogens with zero attached hydrogens (tertiary/aromatic N) is 2. The molecule has 15 heavy (non-hydrogen) atoms. The van der Waals surface area contributed by atoms with Crippen molar-refractivity contribution >= 4 is 33.1 Å². The Balaban J connectivity index is 2.59. The Kier molecular flexibility index (Phi) is 3.02. The van der Waals surface area contributed by atoms with Crippen LogP contribution in [-0.4, -0.2) is 17.0 Å². The van der Waals surface area contributed by atoms with Crippen LogP contribution in [0, 0.1) is 6.92 Å². The van der Waals surface area contributed by atoms with Gasteiger partial charge in [0.1, 0.15) is 12.1 Å². The summed E-state index contributed by atoms with van der Waals surface area (Å²) in [6, 6.07) is 2.03. The molecule has 0 saturated carbocycles. The highest BCUT2D eigenvalue weighted by Gasteiger charge is 2.11. The van der Waals surface area contributed by atoms with Gasteiger partial charge in [-0.2, -0.15) is 0 Å². The third-order valence-corrected chi connectivity index (χ3v) is 4.00. The molecule has 0 aromatic carbocycles. The number of nitrogens with one attached hydrogen (secondary N) is 1. The molecule has 3 nitrogen and oxygen atoms in total. The van der Waals surface area contributed by atoms with Gasteiger partial charge < -0.3 is 5.32 Å². The lowest BCUT2D eigenvalue weighted by molar-refractivity contribution is 1.13. The molecule has 5 heteroatoms. The highest BCUT2D eigenvalue weighted by Crippen LogP contribution is 2.35. The summed E-state index contributed by atoms with van der Waals surface area (Å²) < 4.78 is 1.08. The Labute approximate surface area is 101 Å². The molecule has 0 unspecified atom stereocenters. The average Bonchev–Trinajstić information content (AvgIpc) is 2.65. The van der Waals surface area contributed by atoms with Crippen molar-refractivity contribution < 1.29 is 0 Å². The molecule has 0 saturated heterocycles. The molecule has 78 valence electrons. The first kappa shape index (κ1) is 10.6. The number of hydrogen-bond acceptors (Lipinski definition) is 4. The van der Waals surface area contributed by atoms with E-state index in [1.807, 2.05) is 25.4 Å². The molecule has 0 bridgehead atoms.